The molecule has 0 fully saturated rings. The Bertz CT molecular complexity index is 567. The summed E-state index contributed by atoms with van der Waals surface area (Å²) in [6.45, 7) is 0. The number of aryl methyl sites for hydroxylation is 1. The molecule has 1 aliphatic carbocycles. The van der Waals surface area contributed by atoms with Gasteiger partial charge >= 0.3 is 5.97 Å². The van der Waals surface area contributed by atoms with E-state index in [4.69, 9.17) is 10.4 Å². The molecule has 1 aromatic rings. The number of phenols is 1. The Balaban J connectivity index is 2.54. The summed E-state index contributed by atoms with van der Waals surface area (Å²) >= 11 is 0. The van der Waals surface area contributed by atoms with Crippen LogP contribution in [0.5, 0.6) is 5.75 Å². The lowest BCUT2D eigenvalue weighted by molar-refractivity contribution is -0.132. The molecular weight excluding hydrogens is 230 g/mol. The molecule has 2 rings (SSSR count). The Kier molecular flexibility index (Phi) is 3.33. The number of aromatic hydroxyl groups is 1. The van der Waals surface area contributed by atoms with Crippen molar-refractivity contribution in [1.82, 2.24) is 0 Å². The molecular formula is C14H13NO3. The lowest BCUT2D eigenvalue weighted by Gasteiger charge is -2.18. The number of fused-ring (bicyclic) bond motifs is 1. The molecule has 0 bridgehead atoms. The zero-order valence-electron chi connectivity index (χ0n) is 9.81. The second kappa shape index (κ2) is 4.92. The highest BCUT2D eigenvalue weighted by Crippen LogP contribution is 2.30. The molecule has 2 N–H and O–H groups in total. The number of nitrogens with zero attached hydrogens (tertiary/aromatic N) is 1. The molecule has 4 nitrogen and oxygen atoms in total. The van der Waals surface area contributed by atoms with Crippen LogP contribution < -0.4 is 0 Å². The van der Waals surface area contributed by atoms with E-state index in [0.717, 1.165) is 36.8 Å². The minimum absolute atomic E-state index is 0.115. The Morgan fingerprint density at radius 2 is 2.06 bits per heavy atom. The molecule has 4 heteroatoms. The Morgan fingerprint density at radius 3 is 2.72 bits per heavy atom. The van der Waals surface area contributed by atoms with Crippen LogP contribution in [0, 0.1) is 11.3 Å². The molecule has 0 amide bonds. The van der Waals surface area contributed by atoms with Crippen LogP contribution in [0.1, 0.15) is 29.5 Å². The van der Waals surface area contributed by atoms with E-state index in [1.165, 1.54) is 12.1 Å². The first kappa shape index (κ1) is 12.2. The van der Waals surface area contributed by atoms with Crippen LogP contribution in [0.3, 0.4) is 0 Å². The van der Waals surface area contributed by atoms with Gasteiger partial charge in [0.1, 0.15) is 17.4 Å². The van der Waals surface area contributed by atoms with Gasteiger partial charge in [0.15, 0.2) is 0 Å². The highest BCUT2D eigenvalue weighted by molar-refractivity contribution is 5.96. The largest absolute Gasteiger partial charge is 0.508 e. The number of benzene rings is 1. The van der Waals surface area contributed by atoms with E-state index in [1.807, 2.05) is 0 Å². The van der Waals surface area contributed by atoms with Crippen molar-refractivity contribution in [2.75, 3.05) is 0 Å². The number of carboxylic acid groups (broad SMARTS) is 1. The van der Waals surface area contributed by atoms with Gasteiger partial charge in [-0.25, -0.2) is 4.79 Å². The SMILES string of the molecule is N#CC(=Cc1cc(O)cc2c1CCCC2)C(=O)O. The van der Waals surface area contributed by atoms with Crippen LogP contribution >= 0.6 is 0 Å². The number of phenolic OH excluding ortho intramolecular Hbond substituents is 1. The molecule has 0 saturated heterocycles. The Hall–Kier alpha value is -2.28. The topological polar surface area (TPSA) is 81.3 Å². The monoisotopic (exact) mass is 243 g/mol. The molecule has 1 aromatic carbocycles. The van der Waals surface area contributed by atoms with E-state index in [-0.39, 0.29) is 11.3 Å². The number of hydrogen-bond donors (Lipinski definition) is 2. The lowest BCUT2D eigenvalue weighted by atomic mass is 9.87. The van der Waals surface area contributed by atoms with E-state index in [2.05, 4.69) is 0 Å². The number of carboxylic acids is 1. The van der Waals surface area contributed by atoms with Gasteiger partial charge in [-0.05, 0) is 60.6 Å². The summed E-state index contributed by atoms with van der Waals surface area (Å²) in [5.41, 5.74) is 2.43. The molecule has 0 saturated carbocycles. The van der Waals surface area contributed by atoms with Gasteiger partial charge in [-0.3, -0.25) is 0 Å². The van der Waals surface area contributed by atoms with Crippen molar-refractivity contribution in [3.8, 4) is 11.8 Å². The van der Waals surface area contributed by atoms with Crippen LogP contribution in [-0.4, -0.2) is 16.2 Å². The molecule has 1 aliphatic rings. The van der Waals surface area contributed by atoms with Crippen LogP contribution in [0.4, 0.5) is 0 Å². The predicted octanol–water partition coefficient (Wildman–Crippen LogP) is 2.26. The molecule has 0 spiro atoms. The zero-order valence-corrected chi connectivity index (χ0v) is 9.81. The number of carbonyl (C=O) groups is 1. The molecule has 0 unspecified atom stereocenters. The average Bonchev–Trinajstić information content (AvgIpc) is 2.35. The molecule has 0 aromatic heterocycles. The number of nitriles is 1. The molecule has 0 aliphatic heterocycles. The maximum atomic E-state index is 10.8. The second-order valence-electron chi connectivity index (χ2n) is 4.35. The van der Waals surface area contributed by atoms with Gasteiger partial charge in [-0.1, -0.05) is 0 Å². The molecule has 0 heterocycles. The fourth-order valence-electron chi connectivity index (χ4n) is 2.31. The van der Waals surface area contributed by atoms with Gasteiger partial charge in [0.25, 0.3) is 0 Å². The van der Waals surface area contributed by atoms with Crippen molar-refractivity contribution in [3.05, 3.63) is 34.4 Å². The van der Waals surface area contributed by atoms with E-state index in [1.54, 1.807) is 12.1 Å². The first-order valence-corrected chi connectivity index (χ1v) is 5.81. The van der Waals surface area contributed by atoms with Gasteiger partial charge < -0.3 is 10.2 Å². The summed E-state index contributed by atoms with van der Waals surface area (Å²) in [5.74, 6) is -1.13. The molecule has 0 radical (unpaired) electrons. The van der Waals surface area contributed by atoms with E-state index >= 15 is 0 Å². The highest BCUT2D eigenvalue weighted by atomic mass is 16.4. The third kappa shape index (κ3) is 2.35. The average molecular weight is 243 g/mol. The summed E-state index contributed by atoms with van der Waals surface area (Å²) in [6, 6.07) is 4.90. The van der Waals surface area contributed by atoms with Gasteiger partial charge in [0.2, 0.25) is 0 Å². The van der Waals surface area contributed by atoms with Crippen LogP contribution in [0.25, 0.3) is 6.08 Å². The maximum absolute atomic E-state index is 10.8. The number of hydrogen-bond acceptors (Lipinski definition) is 3. The summed E-state index contributed by atoms with van der Waals surface area (Å²) in [7, 11) is 0. The van der Waals surface area contributed by atoms with Crippen molar-refractivity contribution in [3.63, 3.8) is 0 Å². The molecule has 18 heavy (non-hydrogen) atoms. The summed E-state index contributed by atoms with van der Waals surface area (Å²) in [6.07, 6.45) is 5.21. The third-order valence-electron chi connectivity index (χ3n) is 3.14. The maximum Gasteiger partial charge on any atom is 0.346 e. The lowest BCUT2D eigenvalue weighted by Crippen LogP contribution is -2.05. The smallest absolute Gasteiger partial charge is 0.346 e. The highest BCUT2D eigenvalue weighted by Gasteiger charge is 2.15. The van der Waals surface area contributed by atoms with Gasteiger partial charge in [-0.2, -0.15) is 5.26 Å². The summed E-state index contributed by atoms with van der Waals surface area (Å²) in [5, 5.41) is 27.3. The van der Waals surface area contributed by atoms with E-state index in [9.17, 15) is 9.90 Å². The normalized spacial score (nSPS) is 14.7. The standard InChI is InChI=1S/C14H13NO3/c15-8-11(14(17)18)5-10-7-12(16)6-9-3-1-2-4-13(9)10/h5-7,16H,1-4H2,(H,17,18). The first-order chi connectivity index (χ1) is 8.61. The van der Waals surface area contributed by atoms with Gasteiger partial charge in [-0.15, -0.1) is 0 Å². The van der Waals surface area contributed by atoms with Crippen LogP contribution in [-0.2, 0) is 17.6 Å². The van der Waals surface area contributed by atoms with Crippen molar-refractivity contribution in [2.45, 2.75) is 25.7 Å². The molecule has 92 valence electrons. The number of rotatable bonds is 2. The van der Waals surface area contributed by atoms with Crippen molar-refractivity contribution >= 4 is 12.0 Å². The van der Waals surface area contributed by atoms with E-state index in [0.29, 0.717) is 5.56 Å². The first-order valence-electron chi connectivity index (χ1n) is 5.81. The van der Waals surface area contributed by atoms with E-state index < -0.39 is 5.97 Å². The third-order valence-corrected chi connectivity index (χ3v) is 3.14. The Morgan fingerprint density at radius 1 is 1.33 bits per heavy atom. The Labute approximate surface area is 105 Å². The summed E-state index contributed by atoms with van der Waals surface area (Å²) < 4.78 is 0. The van der Waals surface area contributed by atoms with Gasteiger partial charge in [0, 0.05) is 0 Å². The zero-order chi connectivity index (χ0) is 13.1. The predicted molar refractivity (Wildman–Crippen MR) is 66.0 cm³/mol. The quantitative estimate of drug-likeness (QED) is 0.616. The van der Waals surface area contributed by atoms with Crippen molar-refractivity contribution in [1.29, 1.82) is 5.26 Å². The van der Waals surface area contributed by atoms with Gasteiger partial charge in [0.05, 0.1) is 0 Å². The minimum Gasteiger partial charge on any atom is -0.508 e. The second-order valence-corrected chi connectivity index (χ2v) is 4.35. The van der Waals surface area contributed by atoms with Crippen molar-refractivity contribution < 1.29 is 15.0 Å². The summed E-state index contributed by atoms with van der Waals surface area (Å²) in [4.78, 5) is 10.8. The minimum atomic E-state index is -1.24. The molecule has 0 atom stereocenters. The van der Waals surface area contributed by atoms with Crippen LogP contribution in [0.2, 0.25) is 0 Å². The fourth-order valence-corrected chi connectivity index (χ4v) is 2.31. The number of aliphatic carboxylic acids is 1. The fraction of sp³-hybridized carbons (Fsp3) is 0.286. The van der Waals surface area contributed by atoms with Crippen LogP contribution in [0.15, 0.2) is 17.7 Å². The van der Waals surface area contributed by atoms with Crippen molar-refractivity contribution in [2.24, 2.45) is 0 Å².